The maximum atomic E-state index is 5.64. The fraction of sp³-hybridized carbons (Fsp3) is 1.00. The molecule has 14 heavy (non-hydrogen) atoms. The molecule has 0 heterocycles. The number of halogens is 1. The van der Waals surface area contributed by atoms with Gasteiger partial charge < -0.3 is 4.90 Å². The molecule has 0 aromatic heterocycles. The van der Waals surface area contributed by atoms with Crippen LogP contribution in [0.2, 0.25) is 0 Å². The lowest BCUT2D eigenvalue weighted by molar-refractivity contribution is 0.270. The molecule has 1 fully saturated rings. The Morgan fingerprint density at radius 1 is 1.14 bits per heavy atom. The third-order valence-corrected chi connectivity index (χ3v) is 3.29. The molecule has 0 spiro atoms. The molecule has 0 unspecified atom stereocenters. The molecule has 1 saturated carbocycles. The first-order valence-corrected chi connectivity index (χ1v) is 6.68. The van der Waals surface area contributed by atoms with Crippen molar-refractivity contribution in [2.24, 2.45) is 5.92 Å². The Morgan fingerprint density at radius 2 is 1.86 bits per heavy atom. The molecule has 0 aliphatic heterocycles. The van der Waals surface area contributed by atoms with E-state index in [4.69, 9.17) is 11.6 Å². The normalized spacial score (nSPS) is 16.5. The van der Waals surface area contributed by atoms with Gasteiger partial charge in [0.25, 0.3) is 0 Å². The Hall–Kier alpha value is 0.250. The van der Waals surface area contributed by atoms with Crippen molar-refractivity contribution in [1.82, 2.24) is 4.90 Å². The molecular weight excluding hydrogens is 194 g/mol. The van der Waals surface area contributed by atoms with Crippen LogP contribution < -0.4 is 0 Å². The van der Waals surface area contributed by atoms with E-state index in [-0.39, 0.29) is 0 Å². The van der Waals surface area contributed by atoms with E-state index in [0.29, 0.717) is 0 Å². The van der Waals surface area contributed by atoms with Gasteiger partial charge in [-0.1, -0.05) is 19.8 Å². The van der Waals surface area contributed by atoms with E-state index in [1.807, 2.05) is 0 Å². The van der Waals surface area contributed by atoms with Crippen LogP contribution in [0, 0.1) is 5.92 Å². The maximum Gasteiger partial charge on any atom is 0.0223 e. The molecule has 0 atom stereocenters. The van der Waals surface area contributed by atoms with Gasteiger partial charge in [0.1, 0.15) is 0 Å². The second-order valence-corrected chi connectivity index (χ2v) is 4.82. The van der Waals surface area contributed by atoms with Crippen LogP contribution >= 0.6 is 11.6 Å². The largest absolute Gasteiger partial charge is 0.303 e. The first-order valence-electron chi connectivity index (χ1n) is 6.15. The molecule has 1 nitrogen and oxygen atoms in total. The average Bonchev–Trinajstić information content (AvgIpc) is 2.99. The van der Waals surface area contributed by atoms with Crippen LogP contribution in [0.1, 0.15) is 45.4 Å². The standard InChI is InChI=1S/C12H24ClN/c1-2-14(11-12-7-8-12)10-6-4-3-5-9-13/h12H,2-11H2,1H3. The smallest absolute Gasteiger partial charge is 0.0223 e. The summed E-state index contributed by atoms with van der Waals surface area (Å²) < 4.78 is 0. The first kappa shape index (κ1) is 12.3. The van der Waals surface area contributed by atoms with Gasteiger partial charge in [-0.2, -0.15) is 0 Å². The molecule has 0 amide bonds. The molecule has 0 saturated heterocycles. The van der Waals surface area contributed by atoms with E-state index in [2.05, 4.69) is 11.8 Å². The summed E-state index contributed by atoms with van der Waals surface area (Å²) in [6.45, 7) is 6.16. The van der Waals surface area contributed by atoms with E-state index in [9.17, 15) is 0 Å². The van der Waals surface area contributed by atoms with Crippen molar-refractivity contribution in [3.8, 4) is 0 Å². The summed E-state index contributed by atoms with van der Waals surface area (Å²) in [5.41, 5.74) is 0. The van der Waals surface area contributed by atoms with Crippen molar-refractivity contribution < 1.29 is 0 Å². The van der Waals surface area contributed by atoms with Gasteiger partial charge in [-0.3, -0.25) is 0 Å². The summed E-state index contributed by atoms with van der Waals surface area (Å²) >= 11 is 5.64. The fourth-order valence-corrected chi connectivity index (χ4v) is 2.02. The van der Waals surface area contributed by atoms with E-state index in [1.54, 1.807) is 0 Å². The lowest BCUT2D eigenvalue weighted by atomic mass is 10.2. The highest BCUT2D eigenvalue weighted by Gasteiger charge is 2.23. The van der Waals surface area contributed by atoms with E-state index in [1.165, 1.54) is 58.2 Å². The lowest BCUT2D eigenvalue weighted by Gasteiger charge is -2.19. The van der Waals surface area contributed by atoms with Crippen LogP contribution in [0.15, 0.2) is 0 Å². The molecule has 0 bridgehead atoms. The van der Waals surface area contributed by atoms with Gasteiger partial charge >= 0.3 is 0 Å². The minimum Gasteiger partial charge on any atom is -0.303 e. The zero-order chi connectivity index (χ0) is 10.2. The highest BCUT2D eigenvalue weighted by Crippen LogP contribution is 2.29. The van der Waals surface area contributed by atoms with E-state index in [0.717, 1.165) is 11.8 Å². The van der Waals surface area contributed by atoms with Crippen LogP contribution in [0.25, 0.3) is 0 Å². The number of hydrogen-bond donors (Lipinski definition) is 0. The lowest BCUT2D eigenvalue weighted by Crippen LogP contribution is -2.26. The Balaban J connectivity index is 1.90. The molecule has 0 radical (unpaired) electrons. The molecular formula is C12H24ClN. The van der Waals surface area contributed by atoms with Crippen molar-refractivity contribution in [2.45, 2.75) is 45.4 Å². The molecule has 0 aromatic rings. The quantitative estimate of drug-likeness (QED) is 0.422. The maximum absolute atomic E-state index is 5.64. The van der Waals surface area contributed by atoms with Gasteiger partial charge in [0.05, 0.1) is 0 Å². The van der Waals surface area contributed by atoms with Gasteiger partial charge in [0, 0.05) is 12.4 Å². The minimum absolute atomic E-state index is 0.833. The summed E-state index contributed by atoms with van der Waals surface area (Å²) in [7, 11) is 0. The summed E-state index contributed by atoms with van der Waals surface area (Å²) in [5, 5.41) is 0. The zero-order valence-corrected chi connectivity index (χ0v) is 10.2. The Kier molecular flexibility index (Phi) is 6.63. The fourth-order valence-electron chi connectivity index (χ4n) is 1.83. The van der Waals surface area contributed by atoms with Crippen LogP contribution in [-0.2, 0) is 0 Å². The Morgan fingerprint density at radius 3 is 2.43 bits per heavy atom. The molecule has 84 valence electrons. The minimum atomic E-state index is 0.833. The van der Waals surface area contributed by atoms with Crippen molar-refractivity contribution in [3.63, 3.8) is 0 Å². The first-order chi connectivity index (χ1) is 6.86. The number of nitrogens with zero attached hydrogens (tertiary/aromatic N) is 1. The monoisotopic (exact) mass is 217 g/mol. The summed E-state index contributed by atoms with van der Waals surface area (Å²) in [6, 6.07) is 0. The molecule has 0 aromatic carbocycles. The molecule has 2 heteroatoms. The number of alkyl halides is 1. The van der Waals surface area contributed by atoms with Gasteiger partial charge in [-0.15, -0.1) is 11.6 Å². The predicted octanol–water partition coefficient (Wildman–Crippen LogP) is 3.52. The third-order valence-electron chi connectivity index (χ3n) is 3.02. The predicted molar refractivity (Wildman–Crippen MR) is 64.0 cm³/mol. The molecule has 0 N–H and O–H groups in total. The van der Waals surface area contributed by atoms with E-state index < -0.39 is 0 Å². The summed E-state index contributed by atoms with van der Waals surface area (Å²) in [4.78, 5) is 2.61. The number of hydrogen-bond acceptors (Lipinski definition) is 1. The van der Waals surface area contributed by atoms with Gasteiger partial charge in [0.2, 0.25) is 0 Å². The number of rotatable bonds is 9. The summed E-state index contributed by atoms with van der Waals surface area (Å²) in [5.74, 6) is 1.87. The van der Waals surface area contributed by atoms with Crippen LogP contribution in [0.5, 0.6) is 0 Å². The number of unbranched alkanes of at least 4 members (excludes halogenated alkanes) is 3. The zero-order valence-electron chi connectivity index (χ0n) is 9.47. The topological polar surface area (TPSA) is 3.24 Å². The van der Waals surface area contributed by atoms with Crippen molar-refractivity contribution in [3.05, 3.63) is 0 Å². The molecule has 1 aliphatic carbocycles. The van der Waals surface area contributed by atoms with Crippen LogP contribution in [-0.4, -0.2) is 30.4 Å². The van der Waals surface area contributed by atoms with Crippen molar-refractivity contribution in [2.75, 3.05) is 25.5 Å². The highest BCUT2D eigenvalue weighted by molar-refractivity contribution is 6.17. The van der Waals surface area contributed by atoms with Gasteiger partial charge in [-0.05, 0) is 44.7 Å². The van der Waals surface area contributed by atoms with Crippen LogP contribution in [0.3, 0.4) is 0 Å². The van der Waals surface area contributed by atoms with Crippen molar-refractivity contribution >= 4 is 11.6 Å². The molecule has 1 aliphatic rings. The second-order valence-electron chi connectivity index (χ2n) is 4.44. The van der Waals surface area contributed by atoms with Gasteiger partial charge in [0.15, 0.2) is 0 Å². The average molecular weight is 218 g/mol. The third kappa shape index (κ3) is 5.87. The summed E-state index contributed by atoms with van der Waals surface area (Å²) in [6.07, 6.45) is 8.16. The highest BCUT2D eigenvalue weighted by atomic mass is 35.5. The molecule has 1 rings (SSSR count). The Bertz CT molecular complexity index is 134. The second kappa shape index (κ2) is 7.53. The van der Waals surface area contributed by atoms with Crippen molar-refractivity contribution in [1.29, 1.82) is 0 Å². The SMILES string of the molecule is CCN(CCCCCCCl)CC1CC1. The van der Waals surface area contributed by atoms with Gasteiger partial charge in [-0.25, -0.2) is 0 Å². The van der Waals surface area contributed by atoms with Crippen LogP contribution in [0.4, 0.5) is 0 Å². The van der Waals surface area contributed by atoms with E-state index >= 15 is 0 Å². The Labute approximate surface area is 93.8 Å².